The number of halogens is 1. The van der Waals surface area contributed by atoms with Crippen LogP contribution in [0.25, 0.3) is 0 Å². The fourth-order valence-corrected chi connectivity index (χ4v) is 0.817. The van der Waals surface area contributed by atoms with Gasteiger partial charge in [-0.15, -0.1) is 0 Å². The summed E-state index contributed by atoms with van der Waals surface area (Å²) >= 11 is 5.60. The molecule has 0 aromatic carbocycles. The van der Waals surface area contributed by atoms with Gasteiger partial charge in [0.05, 0.1) is 6.54 Å². The Hall–Kier alpha value is -1.16. The molecule has 1 rings (SSSR count). The van der Waals surface area contributed by atoms with E-state index in [2.05, 4.69) is 15.3 Å². The average molecular weight is 186 g/mol. The van der Waals surface area contributed by atoms with Crippen molar-refractivity contribution in [1.29, 1.82) is 0 Å². The monoisotopic (exact) mass is 185 g/mol. The van der Waals surface area contributed by atoms with Gasteiger partial charge in [0.2, 0.25) is 5.91 Å². The van der Waals surface area contributed by atoms with Gasteiger partial charge in [-0.1, -0.05) is 11.6 Å². The lowest BCUT2D eigenvalue weighted by molar-refractivity contribution is -0.119. The molecule has 0 fully saturated rings. The summed E-state index contributed by atoms with van der Waals surface area (Å²) in [4.78, 5) is 18.3. The van der Waals surface area contributed by atoms with Crippen molar-refractivity contribution in [1.82, 2.24) is 15.3 Å². The molecular formula is C7H8ClN3O. The fourth-order valence-electron chi connectivity index (χ4n) is 0.663. The van der Waals surface area contributed by atoms with Crippen molar-refractivity contribution in [2.75, 3.05) is 0 Å². The van der Waals surface area contributed by atoms with E-state index >= 15 is 0 Å². The Morgan fingerprint density at radius 3 is 3.08 bits per heavy atom. The smallest absolute Gasteiger partial charge is 0.217 e. The molecule has 0 unspecified atom stereocenters. The van der Waals surface area contributed by atoms with Crippen LogP contribution in [0.1, 0.15) is 12.7 Å². The Balaban J connectivity index is 2.57. The molecular weight excluding hydrogens is 178 g/mol. The number of nitrogens with zero attached hydrogens (tertiary/aromatic N) is 2. The topological polar surface area (TPSA) is 54.9 Å². The van der Waals surface area contributed by atoms with Crippen LogP contribution >= 0.6 is 11.6 Å². The summed E-state index contributed by atoms with van der Waals surface area (Å²) in [6, 6.07) is 1.58. The first-order valence-electron chi connectivity index (χ1n) is 3.40. The van der Waals surface area contributed by atoms with Crippen molar-refractivity contribution in [3.63, 3.8) is 0 Å². The summed E-state index contributed by atoms with van der Waals surface area (Å²) < 4.78 is 0. The molecule has 0 aliphatic carbocycles. The molecule has 0 bridgehead atoms. The van der Waals surface area contributed by atoms with E-state index in [0.717, 1.165) is 0 Å². The summed E-state index contributed by atoms with van der Waals surface area (Å²) in [5, 5.41) is 2.95. The van der Waals surface area contributed by atoms with Crippen LogP contribution in [0.3, 0.4) is 0 Å². The molecule has 0 atom stereocenters. The van der Waals surface area contributed by atoms with Gasteiger partial charge in [-0.2, -0.15) is 0 Å². The maximum Gasteiger partial charge on any atom is 0.217 e. The molecule has 0 spiro atoms. The van der Waals surface area contributed by atoms with Gasteiger partial charge < -0.3 is 5.32 Å². The van der Waals surface area contributed by atoms with E-state index in [1.54, 1.807) is 12.3 Å². The molecule has 1 aromatic rings. The molecule has 0 radical (unpaired) electrons. The highest BCUT2D eigenvalue weighted by Gasteiger charge is 1.97. The largest absolute Gasteiger partial charge is 0.349 e. The first kappa shape index (κ1) is 8.93. The van der Waals surface area contributed by atoms with Crippen LogP contribution in [0.15, 0.2) is 12.3 Å². The van der Waals surface area contributed by atoms with Gasteiger partial charge in [-0.3, -0.25) is 4.79 Å². The Labute approximate surface area is 75.0 Å². The van der Waals surface area contributed by atoms with Crippen LogP contribution in [0, 0.1) is 0 Å². The standard InChI is InChI=1S/C7H8ClN3O/c1-5(12)10-4-7-9-3-2-6(8)11-7/h2-3H,4H2,1H3,(H,10,12). The second kappa shape index (κ2) is 4.01. The molecule has 1 N–H and O–H groups in total. The van der Waals surface area contributed by atoms with E-state index in [4.69, 9.17) is 11.6 Å². The van der Waals surface area contributed by atoms with Gasteiger partial charge in [0.15, 0.2) is 0 Å². The van der Waals surface area contributed by atoms with Crippen molar-refractivity contribution in [2.24, 2.45) is 0 Å². The molecule has 1 aromatic heterocycles. The number of carbonyl (C=O) groups excluding carboxylic acids is 1. The van der Waals surface area contributed by atoms with E-state index < -0.39 is 0 Å². The minimum Gasteiger partial charge on any atom is -0.349 e. The first-order valence-corrected chi connectivity index (χ1v) is 3.78. The number of hydrogen-bond acceptors (Lipinski definition) is 3. The molecule has 0 saturated carbocycles. The highest BCUT2D eigenvalue weighted by atomic mass is 35.5. The minimum absolute atomic E-state index is 0.112. The Morgan fingerprint density at radius 2 is 2.50 bits per heavy atom. The zero-order chi connectivity index (χ0) is 8.97. The Bertz CT molecular complexity index is 290. The van der Waals surface area contributed by atoms with E-state index in [9.17, 15) is 4.79 Å². The Morgan fingerprint density at radius 1 is 1.75 bits per heavy atom. The van der Waals surface area contributed by atoms with Crippen LogP contribution < -0.4 is 5.32 Å². The third kappa shape index (κ3) is 2.84. The zero-order valence-electron chi connectivity index (χ0n) is 6.54. The molecule has 5 heteroatoms. The maximum absolute atomic E-state index is 10.5. The summed E-state index contributed by atoms with van der Waals surface area (Å²) in [6.45, 7) is 1.75. The van der Waals surface area contributed by atoms with Crippen LogP contribution in [0.4, 0.5) is 0 Å². The molecule has 12 heavy (non-hydrogen) atoms. The minimum atomic E-state index is -0.112. The zero-order valence-corrected chi connectivity index (χ0v) is 7.30. The predicted molar refractivity (Wildman–Crippen MR) is 44.6 cm³/mol. The number of rotatable bonds is 2. The van der Waals surface area contributed by atoms with Crippen molar-refractivity contribution < 1.29 is 4.79 Å². The average Bonchev–Trinajstić information content (AvgIpc) is 2.01. The summed E-state index contributed by atoms with van der Waals surface area (Å²) in [5.41, 5.74) is 0. The Kier molecular flexibility index (Phi) is 2.99. The third-order valence-electron chi connectivity index (χ3n) is 1.17. The molecule has 64 valence electrons. The molecule has 1 heterocycles. The summed E-state index contributed by atoms with van der Waals surface area (Å²) in [7, 11) is 0. The van der Waals surface area contributed by atoms with E-state index in [1.807, 2.05) is 0 Å². The highest BCUT2D eigenvalue weighted by Crippen LogP contribution is 2.01. The van der Waals surface area contributed by atoms with Gasteiger partial charge in [0.25, 0.3) is 0 Å². The molecule has 1 amide bonds. The molecule has 0 aliphatic heterocycles. The fraction of sp³-hybridized carbons (Fsp3) is 0.286. The first-order chi connectivity index (χ1) is 5.68. The number of hydrogen-bond donors (Lipinski definition) is 1. The lowest BCUT2D eigenvalue weighted by atomic mass is 10.5. The SMILES string of the molecule is CC(=O)NCc1nccc(Cl)n1. The van der Waals surface area contributed by atoms with E-state index in [1.165, 1.54) is 6.92 Å². The van der Waals surface area contributed by atoms with Gasteiger partial charge >= 0.3 is 0 Å². The van der Waals surface area contributed by atoms with Crippen LogP contribution in [-0.4, -0.2) is 15.9 Å². The molecule has 0 saturated heterocycles. The second-order valence-corrected chi connectivity index (χ2v) is 2.59. The lowest BCUT2D eigenvalue weighted by Crippen LogP contribution is -2.20. The van der Waals surface area contributed by atoms with Gasteiger partial charge in [-0.25, -0.2) is 9.97 Å². The lowest BCUT2D eigenvalue weighted by Gasteiger charge is -1.99. The molecule has 4 nitrogen and oxygen atoms in total. The van der Waals surface area contributed by atoms with Gasteiger partial charge in [0.1, 0.15) is 11.0 Å². The number of aromatic nitrogens is 2. The quantitative estimate of drug-likeness (QED) is 0.693. The van der Waals surface area contributed by atoms with Gasteiger partial charge in [-0.05, 0) is 6.07 Å². The predicted octanol–water partition coefficient (Wildman–Crippen LogP) is 0.766. The van der Waals surface area contributed by atoms with Crippen LogP contribution in [-0.2, 0) is 11.3 Å². The van der Waals surface area contributed by atoms with Crippen LogP contribution in [0.5, 0.6) is 0 Å². The maximum atomic E-state index is 10.5. The third-order valence-corrected chi connectivity index (χ3v) is 1.38. The number of nitrogens with one attached hydrogen (secondary N) is 1. The van der Waals surface area contributed by atoms with Crippen LogP contribution in [0.2, 0.25) is 5.15 Å². The summed E-state index contributed by atoms with van der Waals surface area (Å²) in [6.07, 6.45) is 1.55. The van der Waals surface area contributed by atoms with Crippen molar-refractivity contribution in [3.05, 3.63) is 23.2 Å². The number of amides is 1. The molecule has 0 aliphatic rings. The van der Waals surface area contributed by atoms with Crippen molar-refractivity contribution in [2.45, 2.75) is 13.5 Å². The normalized spacial score (nSPS) is 9.50. The van der Waals surface area contributed by atoms with Gasteiger partial charge in [0, 0.05) is 13.1 Å². The van der Waals surface area contributed by atoms with E-state index in [0.29, 0.717) is 17.5 Å². The second-order valence-electron chi connectivity index (χ2n) is 2.21. The van der Waals surface area contributed by atoms with E-state index in [-0.39, 0.29) is 5.91 Å². The number of carbonyl (C=O) groups is 1. The summed E-state index contributed by atoms with van der Waals surface area (Å²) in [5.74, 6) is 0.399. The van der Waals surface area contributed by atoms with Crippen molar-refractivity contribution in [3.8, 4) is 0 Å². The highest BCUT2D eigenvalue weighted by molar-refractivity contribution is 6.29. The van der Waals surface area contributed by atoms with Crippen molar-refractivity contribution >= 4 is 17.5 Å².